The van der Waals surface area contributed by atoms with E-state index in [1.165, 1.54) is 14.0 Å². The number of nitrogens with one attached hydrogen (secondary N) is 1. The lowest BCUT2D eigenvalue weighted by molar-refractivity contribution is -0.143. The molecule has 3 aromatic rings. The molecule has 0 spiro atoms. The molecule has 8 heteroatoms. The Morgan fingerprint density at radius 2 is 1.43 bits per heavy atom. The maximum Gasteiger partial charge on any atom is 0.408 e. The molecule has 0 saturated heterocycles. The quantitative estimate of drug-likeness (QED) is 0.345. The number of hydrogen-bond donors (Lipinski definition) is 1. The van der Waals surface area contributed by atoms with Crippen LogP contribution in [0, 0.1) is 0 Å². The SMILES string of the molecule is COC(=O)[C@H](Cc1ccc(OCc2ccccc2)c(OC(C)=O)c1)NC(=O)OCc1ccccc1. The van der Waals surface area contributed by atoms with Crippen molar-refractivity contribution >= 4 is 18.0 Å². The first-order valence-corrected chi connectivity index (χ1v) is 11.0. The summed E-state index contributed by atoms with van der Waals surface area (Å²) in [6.45, 7) is 1.63. The molecule has 0 bridgehead atoms. The zero-order chi connectivity index (χ0) is 25.0. The van der Waals surface area contributed by atoms with E-state index in [9.17, 15) is 14.4 Å². The molecule has 0 fully saturated rings. The topological polar surface area (TPSA) is 100 Å². The van der Waals surface area contributed by atoms with Crippen molar-refractivity contribution in [2.75, 3.05) is 7.11 Å². The van der Waals surface area contributed by atoms with Crippen LogP contribution in [-0.2, 0) is 38.7 Å². The van der Waals surface area contributed by atoms with Crippen molar-refractivity contribution in [3.05, 3.63) is 95.6 Å². The van der Waals surface area contributed by atoms with Crippen LogP contribution in [0.1, 0.15) is 23.6 Å². The standard InChI is InChI=1S/C27H27NO7/c1-19(29)35-25-16-22(13-14-24(25)33-17-20-9-5-3-6-10-20)15-23(26(30)32-2)28-27(31)34-18-21-11-7-4-8-12-21/h3-14,16,23H,15,17-18H2,1-2H3,(H,28,31)/t23-/m0/s1. The molecule has 182 valence electrons. The van der Waals surface area contributed by atoms with Crippen LogP contribution in [0.15, 0.2) is 78.9 Å². The number of esters is 2. The van der Waals surface area contributed by atoms with Gasteiger partial charge in [0.1, 0.15) is 19.3 Å². The highest BCUT2D eigenvalue weighted by molar-refractivity contribution is 5.81. The third-order valence-corrected chi connectivity index (χ3v) is 4.93. The van der Waals surface area contributed by atoms with Crippen molar-refractivity contribution in [3.8, 4) is 11.5 Å². The summed E-state index contributed by atoms with van der Waals surface area (Å²) in [6, 6.07) is 22.7. The van der Waals surface area contributed by atoms with Crippen molar-refractivity contribution < 1.29 is 33.3 Å². The van der Waals surface area contributed by atoms with Gasteiger partial charge in [0.05, 0.1) is 7.11 Å². The largest absolute Gasteiger partial charge is 0.485 e. The Morgan fingerprint density at radius 3 is 2.03 bits per heavy atom. The van der Waals surface area contributed by atoms with Crippen molar-refractivity contribution in [1.82, 2.24) is 5.32 Å². The number of hydrogen-bond acceptors (Lipinski definition) is 7. The molecule has 0 aromatic heterocycles. The van der Waals surface area contributed by atoms with Crippen LogP contribution in [0.4, 0.5) is 4.79 Å². The Kier molecular flexibility index (Phi) is 9.24. The van der Waals surface area contributed by atoms with Gasteiger partial charge in [-0.1, -0.05) is 66.7 Å². The lowest BCUT2D eigenvalue weighted by atomic mass is 10.1. The molecule has 3 aromatic carbocycles. The summed E-state index contributed by atoms with van der Waals surface area (Å²) in [5.74, 6) is -0.571. The van der Waals surface area contributed by atoms with Crippen LogP contribution < -0.4 is 14.8 Å². The zero-order valence-corrected chi connectivity index (χ0v) is 19.6. The van der Waals surface area contributed by atoms with E-state index >= 15 is 0 Å². The Morgan fingerprint density at radius 1 is 0.800 bits per heavy atom. The molecule has 1 N–H and O–H groups in total. The van der Waals surface area contributed by atoms with E-state index in [4.69, 9.17) is 18.9 Å². The Balaban J connectivity index is 1.69. The molecule has 0 heterocycles. The number of rotatable bonds is 10. The molecule has 0 radical (unpaired) electrons. The minimum absolute atomic E-state index is 0.0601. The molecular formula is C27H27NO7. The number of carbonyl (C=O) groups excluding carboxylic acids is 3. The first-order chi connectivity index (χ1) is 16.9. The number of carbonyl (C=O) groups is 3. The smallest absolute Gasteiger partial charge is 0.408 e. The van der Waals surface area contributed by atoms with Crippen LogP contribution in [0.2, 0.25) is 0 Å². The maximum atomic E-state index is 12.3. The lowest BCUT2D eigenvalue weighted by Gasteiger charge is -2.18. The van der Waals surface area contributed by atoms with Crippen molar-refractivity contribution in [1.29, 1.82) is 0 Å². The first kappa shape index (κ1) is 25.3. The number of alkyl carbamates (subject to hydrolysis) is 1. The fourth-order valence-electron chi connectivity index (χ4n) is 3.25. The van der Waals surface area contributed by atoms with Gasteiger partial charge >= 0.3 is 18.0 Å². The number of ether oxygens (including phenoxy) is 4. The van der Waals surface area contributed by atoms with Gasteiger partial charge < -0.3 is 24.3 Å². The average molecular weight is 478 g/mol. The molecule has 0 saturated carbocycles. The molecule has 3 rings (SSSR count). The van der Waals surface area contributed by atoms with Gasteiger partial charge in [0.2, 0.25) is 0 Å². The number of methoxy groups -OCH3 is 1. The normalized spacial score (nSPS) is 11.1. The summed E-state index contributed by atoms with van der Waals surface area (Å²) in [6.07, 6.45) is -0.673. The van der Waals surface area contributed by atoms with Gasteiger partial charge in [-0.3, -0.25) is 4.79 Å². The van der Waals surface area contributed by atoms with Gasteiger partial charge in [0, 0.05) is 13.3 Å². The third kappa shape index (κ3) is 8.19. The molecular weight excluding hydrogens is 450 g/mol. The monoisotopic (exact) mass is 477 g/mol. The van der Waals surface area contributed by atoms with Crippen molar-refractivity contribution in [2.45, 2.75) is 32.6 Å². The summed E-state index contributed by atoms with van der Waals surface area (Å²) in [7, 11) is 1.23. The fraction of sp³-hybridized carbons (Fsp3) is 0.222. The highest BCUT2D eigenvalue weighted by atomic mass is 16.6. The van der Waals surface area contributed by atoms with E-state index in [1.54, 1.807) is 18.2 Å². The lowest BCUT2D eigenvalue weighted by Crippen LogP contribution is -2.43. The van der Waals surface area contributed by atoms with E-state index in [0.717, 1.165) is 11.1 Å². The van der Waals surface area contributed by atoms with Crippen LogP contribution in [0.25, 0.3) is 0 Å². The van der Waals surface area contributed by atoms with Crippen molar-refractivity contribution in [2.24, 2.45) is 0 Å². The van der Waals surface area contributed by atoms with Crippen LogP contribution >= 0.6 is 0 Å². The van der Waals surface area contributed by atoms with Gasteiger partial charge in [0.25, 0.3) is 0 Å². The minimum atomic E-state index is -1.01. The van der Waals surface area contributed by atoms with Gasteiger partial charge in [0.15, 0.2) is 11.5 Å². The molecule has 0 unspecified atom stereocenters. The van der Waals surface area contributed by atoms with Crippen LogP contribution in [0.3, 0.4) is 0 Å². The second-order valence-electron chi connectivity index (χ2n) is 7.63. The van der Waals surface area contributed by atoms with Crippen LogP contribution in [-0.4, -0.2) is 31.2 Å². The molecule has 0 aliphatic carbocycles. The molecule has 35 heavy (non-hydrogen) atoms. The molecule has 0 aliphatic heterocycles. The van der Waals surface area contributed by atoms with Crippen LogP contribution in [0.5, 0.6) is 11.5 Å². The van der Waals surface area contributed by atoms with Gasteiger partial charge in [-0.05, 0) is 28.8 Å². The van der Waals surface area contributed by atoms with Gasteiger partial charge in [-0.25, -0.2) is 9.59 Å². The first-order valence-electron chi connectivity index (χ1n) is 11.0. The average Bonchev–Trinajstić information content (AvgIpc) is 2.87. The second-order valence-corrected chi connectivity index (χ2v) is 7.63. The summed E-state index contributed by atoms with van der Waals surface area (Å²) in [5.41, 5.74) is 2.38. The minimum Gasteiger partial charge on any atom is -0.485 e. The van der Waals surface area contributed by atoms with E-state index < -0.39 is 24.1 Å². The van der Waals surface area contributed by atoms with Crippen molar-refractivity contribution in [3.63, 3.8) is 0 Å². The highest BCUT2D eigenvalue weighted by Crippen LogP contribution is 2.30. The highest BCUT2D eigenvalue weighted by Gasteiger charge is 2.24. The van der Waals surface area contributed by atoms with E-state index in [-0.39, 0.29) is 25.4 Å². The Bertz CT molecular complexity index is 1130. The Hall–Kier alpha value is -4.33. The fourth-order valence-corrected chi connectivity index (χ4v) is 3.25. The van der Waals surface area contributed by atoms with Gasteiger partial charge in [-0.2, -0.15) is 0 Å². The summed E-state index contributed by atoms with van der Waals surface area (Å²) < 4.78 is 21.2. The van der Waals surface area contributed by atoms with E-state index in [1.807, 2.05) is 60.7 Å². The number of benzene rings is 3. The van der Waals surface area contributed by atoms with E-state index in [2.05, 4.69) is 5.32 Å². The maximum absolute atomic E-state index is 12.3. The predicted molar refractivity (Wildman–Crippen MR) is 128 cm³/mol. The Labute approximate surface area is 203 Å². The van der Waals surface area contributed by atoms with E-state index in [0.29, 0.717) is 11.3 Å². The van der Waals surface area contributed by atoms with Gasteiger partial charge in [-0.15, -0.1) is 0 Å². The molecule has 8 nitrogen and oxygen atoms in total. The third-order valence-electron chi connectivity index (χ3n) is 4.93. The zero-order valence-electron chi connectivity index (χ0n) is 19.6. The summed E-state index contributed by atoms with van der Waals surface area (Å²) in [5, 5.41) is 2.53. The number of amides is 1. The molecule has 1 atom stereocenters. The predicted octanol–water partition coefficient (Wildman–Crippen LogP) is 4.20. The molecule has 0 aliphatic rings. The molecule has 1 amide bonds. The second kappa shape index (κ2) is 12.8. The summed E-state index contributed by atoms with van der Waals surface area (Å²) >= 11 is 0. The summed E-state index contributed by atoms with van der Waals surface area (Å²) in [4.78, 5) is 36.2.